The Balaban J connectivity index is 1.65. The van der Waals surface area contributed by atoms with Crippen LogP contribution in [-0.4, -0.2) is 50.6 Å². The van der Waals surface area contributed by atoms with E-state index in [2.05, 4.69) is 5.32 Å². The summed E-state index contributed by atoms with van der Waals surface area (Å²) in [5.74, 6) is 1.18. The minimum absolute atomic E-state index is 0.0757. The third-order valence-electron chi connectivity index (χ3n) is 4.00. The predicted molar refractivity (Wildman–Crippen MR) is 85.7 cm³/mol. The van der Waals surface area contributed by atoms with Gasteiger partial charge in [0.05, 0.1) is 13.2 Å². The molecular formula is C17H25NO5. The lowest BCUT2D eigenvalue weighted by Crippen LogP contribution is -2.34. The zero-order chi connectivity index (χ0) is 16.5. The van der Waals surface area contributed by atoms with Crippen LogP contribution in [0.25, 0.3) is 0 Å². The van der Waals surface area contributed by atoms with Gasteiger partial charge < -0.3 is 24.6 Å². The van der Waals surface area contributed by atoms with Crippen molar-refractivity contribution in [1.29, 1.82) is 0 Å². The van der Waals surface area contributed by atoms with Gasteiger partial charge in [-0.15, -0.1) is 0 Å². The number of hydrogen-bond donors (Lipinski definition) is 2. The van der Waals surface area contributed by atoms with Gasteiger partial charge >= 0.3 is 0 Å². The lowest BCUT2D eigenvalue weighted by Gasteiger charge is -2.26. The van der Waals surface area contributed by atoms with Crippen LogP contribution in [-0.2, 0) is 9.53 Å². The summed E-state index contributed by atoms with van der Waals surface area (Å²) in [6, 6.07) is 7.18. The second-order valence-electron chi connectivity index (χ2n) is 5.60. The maximum atomic E-state index is 11.8. The normalized spacial score (nSPS) is 16.6. The van der Waals surface area contributed by atoms with E-state index in [0.29, 0.717) is 37.7 Å². The SMILES string of the molecule is COc1ccccc1OCC(=O)NCC[C@@H](O)C1CCOCC1. The average Bonchev–Trinajstić information content (AvgIpc) is 2.60. The molecule has 0 spiro atoms. The number of benzene rings is 1. The monoisotopic (exact) mass is 323 g/mol. The minimum atomic E-state index is -0.394. The number of hydrogen-bond acceptors (Lipinski definition) is 5. The largest absolute Gasteiger partial charge is 0.493 e. The summed E-state index contributed by atoms with van der Waals surface area (Å²) in [7, 11) is 1.56. The molecule has 0 aliphatic carbocycles. The van der Waals surface area contributed by atoms with E-state index in [-0.39, 0.29) is 18.4 Å². The molecule has 0 unspecified atom stereocenters. The smallest absolute Gasteiger partial charge is 0.257 e. The van der Waals surface area contributed by atoms with Crippen molar-refractivity contribution in [2.45, 2.75) is 25.4 Å². The number of aliphatic hydroxyl groups excluding tert-OH is 1. The molecule has 0 saturated carbocycles. The van der Waals surface area contributed by atoms with Crippen molar-refractivity contribution in [3.8, 4) is 11.5 Å². The van der Waals surface area contributed by atoms with E-state index in [1.165, 1.54) is 0 Å². The summed E-state index contributed by atoms with van der Waals surface area (Å²) >= 11 is 0. The van der Waals surface area contributed by atoms with Crippen molar-refractivity contribution in [3.05, 3.63) is 24.3 Å². The van der Waals surface area contributed by atoms with Crippen molar-refractivity contribution >= 4 is 5.91 Å². The van der Waals surface area contributed by atoms with Crippen molar-refractivity contribution in [1.82, 2.24) is 5.32 Å². The number of carbonyl (C=O) groups excluding carboxylic acids is 1. The molecule has 1 saturated heterocycles. The van der Waals surface area contributed by atoms with Gasteiger partial charge in [-0.25, -0.2) is 0 Å². The quantitative estimate of drug-likeness (QED) is 0.755. The maximum absolute atomic E-state index is 11.8. The van der Waals surface area contributed by atoms with E-state index < -0.39 is 6.10 Å². The maximum Gasteiger partial charge on any atom is 0.257 e. The number of carbonyl (C=O) groups is 1. The van der Waals surface area contributed by atoms with E-state index >= 15 is 0 Å². The van der Waals surface area contributed by atoms with E-state index in [4.69, 9.17) is 14.2 Å². The van der Waals surface area contributed by atoms with Gasteiger partial charge in [-0.1, -0.05) is 12.1 Å². The standard InChI is InChI=1S/C17H25NO5/c1-21-15-4-2-3-5-16(15)23-12-17(20)18-9-6-14(19)13-7-10-22-11-8-13/h2-5,13-14,19H,6-12H2,1H3,(H,18,20)/t14-/m1/s1. The zero-order valence-electron chi connectivity index (χ0n) is 13.5. The summed E-state index contributed by atoms with van der Waals surface area (Å²) in [5.41, 5.74) is 0. The Kier molecular flexibility index (Phi) is 7.16. The van der Waals surface area contributed by atoms with Gasteiger partial charge in [0, 0.05) is 19.8 Å². The van der Waals surface area contributed by atoms with Crippen LogP contribution in [0.15, 0.2) is 24.3 Å². The first-order valence-corrected chi connectivity index (χ1v) is 7.99. The van der Waals surface area contributed by atoms with Crippen LogP contribution >= 0.6 is 0 Å². The fourth-order valence-electron chi connectivity index (χ4n) is 2.63. The molecule has 0 aromatic heterocycles. The highest BCUT2D eigenvalue weighted by molar-refractivity contribution is 5.77. The van der Waals surface area contributed by atoms with Gasteiger partial charge in [0.2, 0.25) is 0 Å². The van der Waals surface area contributed by atoms with Gasteiger partial charge in [-0.05, 0) is 37.3 Å². The molecule has 6 nitrogen and oxygen atoms in total. The highest BCUT2D eigenvalue weighted by Gasteiger charge is 2.21. The number of rotatable bonds is 8. The Bertz CT molecular complexity index is 488. The van der Waals surface area contributed by atoms with E-state index in [1.807, 2.05) is 12.1 Å². The minimum Gasteiger partial charge on any atom is -0.493 e. The molecule has 23 heavy (non-hydrogen) atoms. The van der Waals surface area contributed by atoms with E-state index in [0.717, 1.165) is 12.8 Å². The molecule has 2 rings (SSSR count). The molecule has 6 heteroatoms. The molecule has 128 valence electrons. The van der Waals surface area contributed by atoms with Crippen LogP contribution in [0.2, 0.25) is 0 Å². The van der Waals surface area contributed by atoms with Gasteiger partial charge in [0.15, 0.2) is 18.1 Å². The topological polar surface area (TPSA) is 77.0 Å². The molecule has 1 fully saturated rings. The van der Waals surface area contributed by atoms with Crippen LogP contribution in [0.4, 0.5) is 0 Å². The van der Waals surface area contributed by atoms with Crippen LogP contribution < -0.4 is 14.8 Å². The van der Waals surface area contributed by atoms with Gasteiger partial charge in [0.1, 0.15) is 0 Å². The summed E-state index contributed by atoms with van der Waals surface area (Å²) in [5, 5.41) is 12.9. The fourth-order valence-corrected chi connectivity index (χ4v) is 2.63. The fraction of sp³-hybridized carbons (Fsp3) is 0.588. The number of aliphatic hydroxyl groups is 1. The molecule has 1 heterocycles. The predicted octanol–water partition coefficient (Wildman–Crippen LogP) is 1.37. The summed E-state index contributed by atoms with van der Waals surface area (Å²) < 4.78 is 15.9. The third-order valence-corrected chi connectivity index (χ3v) is 4.00. The van der Waals surface area contributed by atoms with E-state index in [1.54, 1.807) is 19.2 Å². The molecular weight excluding hydrogens is 298 g/mol. The summed E-state index contributed by atoms with van der Waals surface area (Å²) in [4.78, 5) is 11.8. The molecule has 1 amide bonds. The van der Waals surface area contributed by atoms with Crippen LogP contribution in [0.3, 0.4) is 0 Å². The average molecular weight is 323 g/mol. The number of methoxy groups -OCH3 is 1. The Morgan fingerprint density at radius 3 is 2.74 bits per heavy atom. The molecule has 1 aromatic carbocycles. The number of ether oxygens (including phenoxy) is 3. The molecule has 1 aliphatic rings. The van der Waals surface area contributed by atoms with Crippen LogP contribution in [0.1, 0.15) is 19.3 Å². The Morgan fingerprint density at radius 2 is 2.04 bits per heavy atom. The lowest BCUT2D eigenvalue weighted by molar-refractivity contribution is -0.123. The number of para-hydroxylation sites is 2. The van der Waals surface area contributed by atoms with Crippen molar-refractivity contribution in [2.75, 3.05) is 33.5 Å². The first-order valence-electron chi connectivity index (χ1n) is 7.99. The third kappa shape index (κ3) is 5.73. The highest BCUT2D eigenvalue weighted by Crippen LogP contribution is 2.25. The molecule has 0 bridgehead atoms. The Labute approximate surface area is 136 Å². The zero-order valence-corrected chi connectivity index (χ0v) is 13.5. The summed E-state index contributed by atoms with van der Waals surface area (Å²) in [6.07, 6.45) is 1.91. The van der Waals surface area contributed by atoms with Crippen molar-refractivity contribution < 1.29 is 24.1 Å². The van der Waals surface area contributed by atoms with Crippen molar-refractivity contribution in [3.63, 3.8) is 0 Å². The Morgan fingerprint density at radius 1 is 1.35 bits per heavy atom. The lowest BCUT2D eigenvalue weighted by atomic mass is 9.92. The molecule has 2 N–H and O–H groups in total. The molecule has 0 radical (unpaired) electrons. The molecule has 1 aromatic rings. The van der Waals surface area contributed by atoms with Crippen molar-refractivity contribution in [2.24, 2.45) is 5.92 Å². The van der Waals surface area contributed by atoms with Gasteiger partial charge in [-0.2, -0.15) is 0 Å². The summed E-state index contributed by atoms with van der Waals surface area (Å²) in [6.45, 7) is 1.78. The second-order valence-corrected chi connectivity index (χ2v) is 5.60. The van der Waals surface area contributed by atoms with Crippen LogP contribution in [0, 0.1) is 5.92 Å². The molecule has 1 aliphatic heterocycles. The Hall–Kier alpha value is -1.79. The number of amides is 1. The second kappa shape index (κ2) is 9.37. The van der Waals surface area contributed by atoms with Crippen LogP contribution in [0.5, 0.6) is 11.5 Å². The highest BCUT2D eigenvalue weighted by atomic mass is 16.5. The number of nitrogens with one attached hydrogen (secondary N) is 1. The molecule has 1 atom stereocenters. The van der Waals surface area contributed by atoms with Gasteiger partial charge in [0.25, 0.3) is 5.91 Å². The van der Waals surface area contributed by atoms with E-state index in [9.17, 15) is 9.90 Å². The van der Waals surface area contributed by atoms with Gasteiger partial charge in [-0.3, -0.25) is 4.79 Å². The first kappa shape index (κ1) is 17.6. The first-order chi connectivity index (χ1) is 11.2.